The van der Waals surface area contributed by atoms with Crippen LogP contribution in [0.1, 0.15) is 11.1 Å². The zero-order chi connectivity index (χ0) is 15.9. The summed E-state index contributed by atoms with van der Waals surface area (Å²) in [5, 5.41) is 6.55. The first kappa shape index (κ1) is 16.3. The van der Waals surface area contributed by atoms with Crippen LogP contribution in [-0.4, -0.2) is 19.0 Å². The van der Waals surface area contributed by atoms with Gasteiger partial charge in [-0.3, -0.25) is 4.79 Å². The number of amides is 1. The second-order valence-corrected chi connectivity index (χ2v) is 5.40. The van der Waals surface area contributed by atoms with Gasteiger partial charge in [-0.1, -0.05) is 29.8 Å². The number of carbonyl (C=O) groups is 1. The third-order valence-electron chi connectivity index (χ3n) is 3.36. The Bertz CT molecular complexity index is 644. The summed E-state index contributed by atoms with van der Waals surface area (Å²) in [5.74, 6) is -0.352. The molecule has 0 aliphatic carbocycles. The summed E-state index contributed by atoms with van der Waals surface area (Å²) < 4.78 is 12.8. The molecule has 0 spiro atoms. The van der Waals surface area contributed by atoms with Gasteiger partial charge in [0.15, 0.2) is 0 Å². The molecule has 0 heterocycles. The molecule has 0 fully saturated rings. The van der Waals surface area contributed by atoms with Gasteiger partial charge in [0, 0.05) is 17.3 Å². The van der Waals surface area contributed by atoms with Gasteiger partial charge in [0.05, 0.1) is 6.54 Å². The second-order valence-electron chi connectivity index (χ2n) is 4.99. The molecule has 0 aliphatic heterocycles. The average Bonchev–Trinajstić information content (AvgIpc) is 2.51. The zero-order valence-electron chi connectivity index (χ0n) is 12.3. The number of rotatable bonds is 6. The molecule has 2 rings (SSSR count). The van der Waals surface area contributed by atoms with E-state index in [1.165, 1.54) is 12.1 Å². The number of halogens is 2. The Hall–Kier alpha value is -2.07. The molecule has 0 unspecified atom stereocenters. The lowest BCUT2D eigenvalue weighted by molar-refractivity contribution is -0.119. The van der Waals surface area contributed by atoms with Gasteiger partial charge >= 0.3 is 0 Å². The van der Waals surface area contributed by atoms with E-state index in [0.29, 0.717) is 18.0 Å². The fourth-order valence-electron chi connectivity index (χ4n) is 2.03. The van der Waals surface area contributed by atoms with E-state index in [-0.39, 0.29) is 18.3 Å². The highest BCUT2D eigenvalue weighted by molar-refractivity contribution is 6.31. The Morgan fingerprint density at radius 2 is 1.91 bits per heavy atom. The minimum Gasteiger partial charge on any atom is -0.376 e. The molecule has 0 bridgehead atoms. The molecule has 2 N–H and O–H groups in total. The van der Waals surface area contributed by atoms with Gasteiger partial charge in [-0.2, -0.15) is 0 Å². The topological polar surface area (TPSA) is 41.1 Å². The van der Waals surface area contributed by atoms with E-state index in [4.69, 9.17) is 11.6 Å². The van der Waals surface area contributed by atoms with Crippen molar-refractivity contribution in [2.24, 2.45) is 0 Å². The number of benzene rings is 2. The SMILES string of the molecule is Cc1c(Cl)cccc1NCC(=O)NCCc1ccc(F)cc1. The Morgan fingerprint density at radius 3 is 2.64 bits per heavy atom. The van der Waals surface area contributed by atoms with Crippen molar-refractivity contribution < 1.29 is 9.18 Å². The van der Waals surface area contributed by atoms with Crippen molar-refractivity contribution in [2.75, 3.05) is 18.4 Å². The van der Waals surface area contributed by atoms with Gasteiger partial charge in [-0.15, -0.1) is 0 Å². The molecule has 0 aliphatic rings. The number of hydrogen-bond donors (Lipinski definition) is 2. The molecule has 5 heteroatoms. The lowest BCUT2D eigenvalue weighted by Crippen LogP contribution is -2.31. The third kappa shape index (κ3) is 4.74. The van der Waals surface area contributed by atoms with Crippen LogP contribution in [0.4, 0.5) is 10.1 Å². The fraction of sp³-hybridized carbons (Fsp3) is 0.235. The minimum atomic E-state index is -0.256. The van der Waals surface area contributed by atoms with Gasteiger partial charge in [0.2, 0.25) is 5.91 Å². The number of anilines is 1. The lowest BCUT2D eigenvalue weighted by atomic mass is 10.1. The summed E-state index contributed by atoms with van der Waals surface area (Å²) in [6, 6.07) is 11.8. The highest BCUT2D eigenvalue weighted by Crippen LogP contribution is 2.22. The molecule has 3 nitrogen and oxygen atoms in total. The van der Waals surface area contributed by atoms with E-state index in [2.05, 4.69) is 10.6 Å². The first-order chi connectivity index (χ1) is 10.6. The van der Waals surface area contributed by atoms with Crippen LogP contribution in [0.15, 0.2) is 42.5 Å². The number of nitrogens with one attached hydrogen (secondary N) is 2. The summed E-state index contributed by atoms with van der Waals surface area (Å²) in [5.41, 5.74) is 2.75. The van der Waals surface area contributed by atoms with Crippen LogP contribution in [0.25, 0.3) is 0 Å². The number of hydrogen-bond acceptors (Lipinski definition) is 2. The lowest BCUT2D eigenvalue weighted by Gasteiger charge is -2.11. The maximum absolute atomic E-state index is 12.8. The molecule has 0 saturated carbocycles. The van der Waals surface area contributed by atoms with Crippen molar-refractivity contribution in [1.29, 1.82) is 0 Å². The summed E-state index contributed by atoms with van der Waals surface area (Å²) in [7, 11) is 0. The molecule has 22 heavy (non-hydrogen) atoms. The van der Waals surface area contributed by atoms with E-state index in [1.807, 2.05) is 25.1 Å². The van der Waals surface area contributed by atoms with Crippen LogP contribution in [-0.2, 0) is 11.2 Å². The maximum Gasteiger partial charge on any atom is 0.239 e. The van der Waals surface area contributed by atoms with E-state index in [1.54, 1.807) is 12.1 Å². The van der Waals surface area contributed by atoms with Gasteiger partial charge in [0.1, 0.15) is 5.82 Å². The Labute approximate surface area is 134 Å². The quantitative estimate of drug-likeness (QED) is 0.854. The normalized spacial score (nSPS) is 10.3. The number of carbonyl (C=O) groups excluding carboxylic acids is 1. The molecule has 0 saturated heterocycles. The molecule has 0 radical (unpaired) electrons. The van der Waals surface area contributed by atoms with Crippen LogP contribution in [0.5, 0.6) is 0 Å². The van der Waals surface area contributed by atoms with Crippen LogP contribution in [0.3, 0.4) is 0 Å². The van der Waals surface area contributed by atoms with Crippen molar-refractivity contribution in [3.63, 3.8) is 0 Å². The van der Waals surface area contributed by atoms with Crippen molar-refractivity contribution in [1.82, 2.24) is 5.32 Å². The Morgan fingerprint density at radius 1 is 1.18 bits per heavy atom. The van der Waals surface area contributed by atoms with Crippen LogP contribution < -0.4 is 10.6 Å². The van der Waals surface area contributed by atoms with Crippen LogP contribution >= 0.6 is 11.6 Å². The van der Waals surface area contributed by atoms with Crippen molar-refractivity contribution in [3.05, 3.63) is 64.4 Å². The standard InChI is InChI=1S/C17H18ClFN2O/c1-12-15(18)3-2-4-16(12)21-11-17(22)20-10-9-13-5-7-14(19)8-6-13/h2-8,21H,9-11H2,1H3,(H,20,22). The molecule has 0 aromatic heterocycles. The van der Waals surface area contributed by atoms with E-state index in [0.717, 1.165) is 16.8 Å². The first-order valence-electron chi connectivity index (χ1n) is 7.06. The minimum absolute atomic E-state index is 0.0958. The van der Waals surface area contributed by atoms with E-state index < -0.39 is 0 Å². The van der Waals surface area contributed by atoms with Crippen molar-refractivity contribution in [2.45, 2.75) is 13.3 Å². The monoisotopic (exact) mass is 320 g/mol. The average molecular weight is 321 g/mol. The summed E-state index contributed by atoms with van der Waals surface area (Å²) >= 11 is 6.02. The smallest absolute Gasteiger partial charge is 0.239 e. The molecule has 2 aromatic carbocycles. The van der Waals surface area contributed by atoms with Crippen LogP contribution in [0.2, 0.25) is 5.02 Å². The second kappa shape index (κ2) is 7.80. The highest BCUT2D eigenvalue weighted by atomic mass is 35.5. The van der Waals surface area contributed by atoms with E-state index in [9.17, 15) is 9.18 Å². The summed E-state index contributed by atoms with van der Waals surface area (Å²) in [6.45, 7) is 2.60. The first-order valence-corrected chi connectivity index (χ1v) is 7.44. The molecule has 2 aromatic rings. The van der Waals surface area contributed by atoms with Crippen molar-refractivity contribution in [3.8, 4) is 0 Å². The third-order valence-corrected chi connectivity index (χ3v) is 3.77. The summed E-state index contributed by atoms with van der Waals surface area (Å²) in [6.07, 6.45) is 0.669. The molecule has 1 amide bonds. The van der Waals surface area contributed by atoms with Gasteiger partial charge < -0.3 is 10.6 Å². The highest BCUT2D eigenvalue weighted by Gasteiger charge is 2.04. The zero-order valence-corrected chi connectivity index (χ0v) is 13.1. The molecular weight excluding hydrogens is 303 g/mol. The van der Waals surface area contributed by atoms with Gasteiger partial charge in [-0.05, 0) is 48.7 Å². The summed E-state index contributed by atoms with van der Waals surface area (Å²) in [4.78, 5) is 11.8. The molecule has 0 atom stereocenters. The van der Waals surface area contributed by atoms with Crippen LogP contribution in [0, 0.1) is 12.7 Å². The Balaban J connectivity index is 1.74. The van der Waals surface area contributed by atoms with E-state index >= 15 is 0 Å². The maximum atomic E-state index is 12.8. The predicted octanol–water partition coefficient (Wildman–Crippen LogP) is 3.56. The van der Waals surface area contributed by atoms with Gasteiger partial charge in [-0.25, -0.2) is 4.39 Å². The van der Waals surface area contributed by atoms with Crippen molar-refractivity contribution >= 4 is 23.2 Å². The Kier molecular flexibility index (Phi) is 5.78. The molecule has 116 valence electrons. The molecular formula is C17H18ClFN2O. The fourth-order valence-corrected chi connectivity index (χ4v) is 2.21. The van der Waals surface area contributed by atoms with Gasteiger partial charge in [0.25, 0.3) is 0 Å². The predicted molar refractivity (Wildman–Crippen MR) is 87.8 cm³/mol. The largest absolute Gasteiger partial charge is 0.376 e.